The van der Waals surface area contributed by atoms with Crippen molar-refractivity contribution in [3.63, 3.8) is 0 Å². The monoisotopic (exact) mass is 346 g/mol. The Balaban J connectivity index is 1.80. The second-order valence-electron chi connectivity index (χ2n) is 5.32. The second kappa shape index (κ2) is 7.51. The van der Waals surface area contributed by atoms with Crippen LogP contribution in [0.2, 0.25) is 0 Å². The molecule has 1 heterocycles. The molecule has 0 fully saturated rings. The molecule has 0 radical (unpaired) electrons. The molecule has 122 valence electrons. The fourth-order valence-electron chi connectivity index (χ4n) is 2.21. The molecule has 1 N–H and O–H groups in total. The van der Waals surface area contributed by atoms with E-state index >= 15 is 0 Å². The Labute approximate surface area is 149 Å². The highest BCUT2D eigenvalue weighted by Gasteiger charge is 2.12. The second-order valence-corrected chi connectivity index (χ2v) is 6.29. The molecule has 5 nitrogen and oxygen atoms in total. The SMILES string of the molecule is Cc1cccc(/C=C(\C#N)c2nnc(NC(=O)c3ccccc3)s2)c1. The van der Waals surface area contributed by atoms with E-state index in [9.17, 15) is 10.1 Å². The number of aryl methyl sites for hydroxylation is 1. The highest BCUT2D eigenvalue weighted by atomic mass is 32.1. The third kappa shape index (κ3) is 4.16. The summed E-state index contributed by atoms with van der Waals surface area (Å²) < 4.78 is 0. The summed E-state index contributed by atoms with van der Waals surface area (Å²) in [6, 6.07) is 18.8. The van der Waals surface area contributed by atoms with Crippen molar-refractivity contribution in [2.24, 2.45) is 0 Å². The van der Waals surface area contributed by atoms with Crippen molar-refractivity contribution < 1.29 is 4.79 Å². The number of aromatic nitrogens is 2. The van der Waals surface area contributed by atoms with E-state index in [2.05, 4.69) is 21.6 Å². The molecular formula is C19H14N4OS. The van der Waals surface area contributed by atoms with E-state index in [1.807, 2.05) is 37.3 Å². The molecular weight excluding hydrogens is 332 g/mol. The number of hydrogen-bond donors (Lipinski definition) is 1. The standard InChI is InChI=1S/C19H14N4OS/c1-13-6-5-7-14(10-13)11-16(12-20)18-22-23-19(25-18)21-17(24)15-8-3-2-4-9-15/h2-11H,1H3,(H,21,23,24)/b16-11+. The molecule has 0 aliphatic heterocycles. The normalized spacial score (nSPS) is 11.0. The first kappa shape index (κ1) is 16.6. The van der Waals surface area contributed by atoms with Crippen LogP contribution in [-0.2, 0) is 0 Å². The average Bonchev–Trinajstić information content (AvgIpc) is 3.08. The Morgan fingerprint density at radius 1 is 1.16 bits per heavy atom. The molecule has 0 bridgehead atoms. The minimum atomic E-state index is -0.260. The molecule has 0 aliphatic carbocycles. The molecule has 0 saturated carbocycles. The zero-order chi connectivity index (χ0) is 17.6. The number of nitrogens with zero attached hydrogens (tertiary/aromatic N) is 3. The van der Waals surface area contributed by atoms with E-state index in [1.54, 1.807) is 30.3 Å². The van der Waals surface area contributed by atoms with Gasteiger partial charge in [-0.1, -0.05) is 59.4 Å². The van der Waals surface area contributed by atoms with Crippen LogP contribution in [0.5, 0.6) is 0 Å². The maximum atomic E-state index is 12.1. The number of carbonyl (C=O) groups excluding carboxylic acids is 1. The quantitative estimate of drug-likeness (QED) is 0.719. The Hall–Kier alpha value is -3.30. The average molecular weight is 346 g/mol. The maximum absolute atomic E-state index is 12.1. The van der Waals surface area contributed by atoms with E-state index in [4.69, 9.17) is 0 Å². The lowest BCUT2D eigenvalue weighted by atomic mass is 10.1. The van der Waals surface area contributed by atoms with Gasteiger partial charge in [0, 0.05) is 5.56 Å². The van der Waals surface area contributed by atoms with Crippen LogP contribution in [0.4, 0.5) is 5.13 Å². The van der Waals surface area contributed by atoms with E-state index < -0.39 is 0 Å². The van der Waals surface area contributed by atoms with E-state index in [0.717, 1.165) is 11.1 Å². The van der Waals surface area contributed by atoms with Crippen molar-refractivity contribution in [1.29, 1.82) is 5.26 Å². The van der Waals surface area contributed by atoms with Gasteiger partial charge in [-0.25, -0.2) is 0 Å². The molecule has 1 aromatic heterocycles. The number of amides is 1. The number of benzene rings is 2. The van der Waals surface area contributed by atoms with Gasteiger partial charge in [-0.15, -0.1) is 10.2 Å². The number of rotatable bonds is 4. The summed E-state index contributed by atoms with van der Waals surface area (Å²) in [5.41, 5.74) is 2.97. The number of nitrogens with one attached hydrogen (secondary N) is 1. The number of carbonyl (C=O) groups is 1. The predicted octanol–water partition coefficient (Wildman–Crippen LogP) is 4.16. The van der Waals surface area contributed by atoms with Crippen LogP contribution in [0.3, 0.4) is 0 Å². The third-order valence-corrected chi connectivity index (χ3v) is 4.26. The molecule has 6 heteroatoms. The number of anilines is 1. The van der Waals surface area contributed by atoms with E-state index in [0.29, 0.717) is 21.3 Å². The first-order valence-electron chi connectivity index (χ1n) is 7.54. The molecule has 25 heavy (non-hydrogen) atoms. The Kier molecular flexibility index (Phi) is 4.97. The fraction of sp³-hybridized carbons (Fsp3) is 0.0526. The highest BCUT2D eigenvalue weighted by Crippen LogP contribution is 2.24. The summed E-state index contributed by atoms with van der Waals surface area (Å²) in [5, 5.41) is 20.9. The van der Waals surface area contributed by atoms with Gasteiger partial charge in [0.2, 0.25) is 5.13 Å². The summed E-state index contributed by atoms with van der Waals surface area (Å²) in [5.74, 6) is -0.260. The van der Waals surface area contributed by atoms with E-state index in [-0.39, 0.29) is 5.91 Å². The van der Waals surface area contributed by atoms with Gasteiger partial charge in [-0.05, 0) is 30.7 Å². The Morgan fingerprint density at radius 2 is 1.96 bits per heavy atom. The van der Waals surface area contributed by atoms with E-state index in [1.165, 1.54) is 11.3 Å². The van der Waals surface area contributed by atoms with Crippen LogP contribution in [0.15, 0.2) is 54.6 Å². The molecule has 2 aromatic carbocycles. The Morgan fingerprint density at radius 3 is 2.68 bits per heavy atom. The van der Waals surface area contributed by atoms with Crippen LogP contribution < -0.4 is 5.32 Å². The molecule has 0 saturated heterocycles. The molecule has 0 atom stereocenters. The van der Waals surface area contributed by atoms with Gasteiger partial charge in [0.25, 0.3) is 5.91 Å². The van der Waals surface area contributed by atoms with Crippen molar-refractivity contribution in [2.45, 2.75) is 6.92 Å². The van der Waals surface area contributed by atoms with Crippen LogP contribution in [0, 0.1) is 18.3 Å². The predicted molar refractivity (Wildman–Crippen MR) is 99.0 cm³/mol. The van der Waals surface area contributed by atoms with Gasteiger partial charge in [0.1, 0.15) is 6.07 Å². The lowest BCUT2D eigenvalue weighted by molar-refractivity contribution is 0.102. The summed E-state index contributed by atoms with van der Waals surface area (Å²) in [6.07, 6.45) is 1.76. The first-order valence-corrected chi connectivity index (χ1v) is 8.36. The number of hydrogen-bond acceptors (Lipinski definition) is 5. The zero-order valence-electron chi connectivity index (χ0n) is 13.4. The van der Waals surface area contributed by atoms with Crippen molar-refractivity contribution >= 4 is 34.0 Å². The zero-order valence-corrected chi connectivity index (χ0v) is 14.2. The maximum Gasteiger partial charge on any atom is 0.257 e. The molecule has 3 aromatic rings. The van der Waals surface area contributed by atoms with Crippen LogP contribution in [0.25, 0.3) is 11.6 Å². The van der Waals surface area contributed by atoms with Gasteiger partial charge in [-0.2, -0.15) is 5.26 Å². The summed E-state index contributed by atoms with van der Waals surface area (Å²) in [7, 11) is 0. The fourth-order valence-corrected chi connectivity index (χ4v) is 2.91. The molecule has 3 rings (SSSR count). The van der Waals surface area contributed by atoms with Crippen LogP contribution in [-0.4, -0.2) is 16.1 Å². The Bertz CT molecular complexity index is 970. The molecule has 0 spiro atoms. The van der Waals surface area contributed by atoms with Gasteiger partial charge in [0.05, 0.1) is 5.57 Å². The highest BCUT2D eigenvalue weighted by molar-refractivity contribution is 7.16. The van der Waals surface area contributed by atoms with Gasteiger partial charge >= 0.3 is 0 Å². The minimum Gasteiger partial charge on any atom is -0.296 e. The summed E-state index contributed by atoms with van der Waals surface area (Å²) in [4.78, 5) is 12.1. The summed E-state index contributed by atoms with van der Waals surface area (Å²) in [6.45, 7) is 1.99. The van der Waals surface area contributed by atoms with Crippen molar-refractivity contribution in [3.05, 3.63) is 76.3 Å². The van der Waals surface area contributed by atoms with Crippen molar-refractivity contribution in [2.75, 3.05) is 5.32 Å². The van der Waals surface area contributed by atoms with Crippen LogP contribution in [0.1, 0.15) is 26.5 Å². The number of allylic oxidation sites excluding steroid dienone is 1. The smallest absolute Gasteiger partial charge is 0.257 e. The van der Waals surface area contributed by atoms with Crippen molar-refractivity contribution in [1.82, 2.24) is 10.2 Å². The number of nitriles is 1. The van der Waals surface area contributed by atoms with Gasteiger partial charge in [0.15, 0.2) is 5.01 Å². The van der Waals surface area contributed by atoms with Gasteiger partial charge in [-0.3, -0.25) is 10.1 Å². The van der Waals surface area contributed by atoms with Crippen molar-refractivity contribution in [3.8, 4) is 6.07 Å². The van der Waals surface area contributed by atoms with Gasteiger partial charge < -0.3 is 0 Å². The molecule has 0 aliphatic rings. The largest absolute Gasteiger partial charge is 0.296 e. The first-order chi connectivity index (χ1) is 12.2. The summed E-state index contributed by atoms with van der Waals surface area (Å²) >= 11 is 1.17. The lowest BCUT2D eigenvalue weighted by Gasteiger charge is -1.99. The lowest BCUT2D eigenvalue weighted by Crippen LogP contribution is -2.11. The van der Waals surface area contributed by atoms with Crippen LogP contribution >= 0.6 is 11.3 Å². The minimum absolute atomic E-state index is 0.260. The topological polar surface area (TPSA) is 78.7 Å². The molecule has 1 amide bonds. The third-order valence-electron chi connectivity index (χ3n) is 3.39. The molecule has 0 unspecified atom stereocenters.